The molecule has 0 bridgehead atoms. The lowest BCUT2D eigenvalue weighted by molar-refractivity contribution is 0.318. The minimum atomic E-state index is -1.40. The Labute approximate surface area is 79.9 Å². The van der Waals surface area contributed by atoms with E-state index in [2.05, 4.69) is 26.2 Å². The highest BCUT2D eigenvalue weighted by atomic mass is 28.4. The molecule has 0 aromatic heterocycles. The van der Waals surface area contributed by atoms with Crippen molar-refractivity contribution in [2.75, 3.05) is 7.11 Å². The van der Waals surface area contributed by atoms with Gasteiger partial charge in [-0.15, -0.1) is 0 Å². The summed E-state index contributed by atoms with van der Waals surface area (Å²) in [5.74, 6) is 0. The van der Waals surface area contributed by atoms with Crippen LogP contribution in [-0.4, -0.2) is 34.0 Å². The van der Waals surface area contributed by atoms with E-state index in [-0.39, 0.29) is 0 Å². The van der Waals surface area contributed by atoms with Gasteiger partial charge in [0.05, 0.1) is 0 Å². The predicted molar refractivity (Wildman–Crippen MR) is 58.6 cm³/mol. The SMILES string of the molecule is CO[SiH](C)O[SiH](C)O[Si](C)(C)C. The molecule has 0 aromatic rings. The quantitative estimate of drug-likeness (QED) is 0.657. The van der Waals surface area contributed by atoms with Crippen LogP contribution in [-0.2, 0) is 12.7 Å². The average Bonchev–Trinajstić information content (AvgIpc) is 1.82. The molecule has 0 fully saturated rings. The Balaban J connectivity index is 3.66. The highest BCUT2D eigenvalue weighted by molar-refractivity contribution is 6.76. The van der Waals surface area contributed by atoms with Crippen molar-refractivity contribution < 1.29 is 12.7 Å². The van der Waals surface area contributed by atoms with Crippen LogP contribution in [0.5, 0.6) is 0 Å². The molecule has 0 aliphatic rings. The summed E-state index contributed by atoms with van der Waals surface area (Å²) in [6.07, 6.45) is 0. The van der Waals surface area contributed by atoms with E-state index in [1.807, 2.05) is 6.55 Å². The summed E-state index contributed by atoms with van der Waals surface area (Å²) in [5, 5.41) is 0. The van der Waals surface area contributed by atoms with Gasteiger partial charge >= 0.3 is 9.28 Å². The summed E-state index contributed by atoms with van der Waals surface area (Å²) < 4.78 is 16.6. The lowest BCUT2D eigenvalue weighted by atomic mass is 11.8. The molecule has 0 N–H and O–H groups in total. The highest BCUT2D eigenvalue weighted by Gasteiger charge is 2.21. The van der Waals surface area contributed by atoms with Crippen LogP contribution in [0.15, 0.2) is 0 Å². The second-order valence-electron chi connectivity index (χ2n) is 3.74. The second-order valence-corrected chi connectivity index (χ2v) is 12.7. The minimum Gasteiger partial charge on any atom is -0.439 e. The fourth-order valence-corrected chi connectivity index (χ4v) is 8.16. The Hall–Kier alpha value is 0.531. The van der Waals surface area contributed by atoms with Crippen molar-refractivity contribution in [3.63, 3.8) is 0 Å². The van der Waals surface area contributed by atoms with Gasteiger partial charge in [0.2, 0.25) is 0 Å². The molecule has 0 radical (unpaired) electrons. The number of hydrogen-bond donors (Lipinski definition) is 0. The number of hydrogen-bond acceptors (Lipinski definition) is 3. The lowest BCUT2D eigenvalue weighted by Crippen LogP contribution is -2.38. The second kappa shape index (κ2) is 5.30. The zero-order valence-corrected chi connectivity index (χ0v) is 12.2. The first kappa shape index (κ1) is 12.5. The Morgan fingerprint density at radius 1 is 1.00 bits per heavy atom. The molecule has 0 aromatic carbocycles. The maximum Gasteiger partial charge on any atom is 0.308 e. The van der Waals surface area contributed by atoms with Crippen LogP contribution in [0.4, 0.5) is 0 Å². The first-order valence-electron chi connectivity index (χ1n) is 4.21. The van der Waals surface area contributed by atoms with E-state index in [1.165, 1.54) is 0 Å². The van der Waals surface area contributed by atoms with Crippen LogP contribution >= 0.6 is 0 Å². The van der Waals surface area contributed by atoms with E-state index in [0.717, 1.165) is 0 Å². The Bertz CT molecular complexity index is 126. The standard InChI is InChI=1S/C6H20O3Si3/c1-7-10(2)8-11(3)9-12(4,5)6/h10-11H,1-6H3. The summed E-state index contributed by atoms with van der Waals surface area (Å²) >= 11 is 0. The van der Waals surface area contributed by atoms with E-state index >= 15 is 0 Å². The van der Waals surface area contributed by atoms with Crippen LogP contribution in [0, 0.1) is 0 Å². The molecule has 2 unspecified atom stereocenters. The molecule has 0 rings (SSSR count). The lowest BCUT2D eigenvalue weighted by Gasteiger charge is -2.24. The van der Waals surface area contributed by atoms with Crippen molar-refractivity contribution in [2.45, 2.75) is 32.7 Å². The van der Waals surface area contributed by atoms with Crippen LogP contribution < -0.4 is 0 Å². The van der Waals surface area contributed by atoms with Crippen LogP contribution in [0.1, 0.15) is 0 Å². The molecule has 0 saturated carbocycles. The molecule has 3 nitrogen and oxygen atoms in total. The fraction of sp³-hybridized carbons (Fsp3) is 1.00. The van der Waals surface area contributed by atoms with Crippen LogP contribution in [0.2, 0.25) is 32.7 Å². The van der Waals surface area contributed by atoms with Gasteiger partial charge in [-0.3, -0.25) is 0 Å². The zero-order chi connectivity index (χ0) is 9.78. The molecule has 0 aliphatic heterocycles. The van der Waals surface area contributed by atoms with Crippen molar-refractivity contribution in [3.8, 4) is 0 Å². The molecule has 0 saturated heterocycles. The van der Waals surface area contributed by atoms with E-state index in [4.69, 9.17) is 12.7 Å². The van der Waals surface area contributed by atoms with Crippen molar-refractivity contribution in [1.29, 1.82) is 0 Å². The van der Waals surface area contributed by atoms with Crippen molar-refractivity contribution in [2.24, 2.45) is 0 Å². The van der Waals surface area contributed by atoms with Gasteiger partial charge in [0, 0.05) is 7.11 Å². The zero-order valence-electron chi connectivity index (χ0n) is 8.88. The maximum absolute atomic E-state index is 5.82. The van der Waals surface area contributed by atoms with Gasteiger partial charge in [0.1, 0.15) is 0 Å². The van der Waals surface area contributed by atoms with Crippen molar-refractivity contribution in [3.05, 3.63) is 0 Å². The summed E-state index contributed by atoms with van der Waals surface area (Å²) in [5.41, 5.74) is 0. The Kier molecular flexibility index (Phi) is 5.54. The average molecular weight is 224 g/mol. The third kappa shape index (κ3) is 7.19. The first-order valence-corrected chi connectivity index (χ1v) is 11.8. The molecule has 74 valence electrons. The molecule has 0 aliphatic carbocycles. The van der Waals surface area contributed by atoms with Gasteiger partial charge in [0.15, 0.2) is 8.32 Å². The van der Waals surface area contributed by atoms with Crippen molar-refractivity contribution >= 4 is 26.9 Å². The minimum absolute atomic E-state index is 1.37. The molecular weight excluding hydrogens is 204 g/mol. The van der Waals surface area contributed by atoms with E-state index in [9.17, 15) is 0 Å². The topological polar surface area (TPSA) is 27.7 Å². The molecule has 0 amide bonds. The van der Waals surface area contributed by atoms with Gasteiger partial charge in [0.25, 0.3) is 9.28 Å². The van der Waals surface area contributed by atoms with Crippen LogP contribution in [0.3, 0.4) is 0 Å². The molecular formula is C6H20O3Si3. The predicted octanol–water partition coefficient (Wildman–Crippen LogP) is 1.20. The Morgan fingerprint density at radius 2 is 1.50 bits per heavy atom. The summed E-state index contributed by atoms with van der Waals surface area (Å²) in [6.45, 7) is 10.6. The van der Waals surface area contributed by atoms with Gasteiger partial charge in [-0.25, -0.2) is 0 Å². The Morgan fingerprint density at radius 3 is 1.83 bits per heavy atom. The number of rotatable bonds is 5. The molecule has 0 spiro atoms. The maximum atomic E-state index is 5.82. The molecule has 6 heteroatoms. The summed E-state index contributed by atoms with van der Waals surface area (Å²) in [6, 6.07) is 0. The highest BCUT2D eigenvalue weighted by Crippen LogP contribution is 2.06. The smallest absolute Gasteiger partial charge is 0.308 e. The van der Waals surface area contributed by atoms with E-state index in [0.29, 0.717) is 0 Å². The summed E-state index contributed by atoms with van der Waals surface area (Å²) in [7, 11) is -2.47. The monoisotopic (exact) mass is 224 g/mol. The largest absolute Gasteiger partial charge is 0.439 e. The molecule has 0 heterocycles. The van der Waals surface area contributed by atoms with Gasteiger partial charge in [-0.05, 0) is 32.7 Å². The summed E-state index contributed by atoms with van der Waals surface area (Å²) in [4.78, 5) is 0. The first-order chi connectivity index (χ1) is 5.35. The fourth-order valence-electron chi connectivity index (χ4n) is 0.851. The molecule has 12 heavy (non-hydrogen) atoms. The third-order valence-electron chi connectivity index (χ3n) is 1.23. The van der Waals surface area contributed by atoms with Gasteiger partial charge in [-0.1, -0.05) is 0 Å². The van der Waals surface area contributed by atoms with E-state index in [1.54, 1.807) is 7.11 Å². The molecule has 2 atom stereocenters. The van der Waals surface area contributed by atoms with E-state index < -0.39 is 26.9 Å². The third-order valence-corrected chi connectivity index (χ3v) is 9.12. The van der Waals surface area contributed by atoms with Crippen LogP contribution in [0.25, 0.3) is 0 Å². The van der Waals surface area contributed by atoms with Crippen molar-refractivity contribution in [1.82, 2.24) is 0 Å². The van der Waals surface area contributed by atoms with Gasteiger partial charge in [-0.2, -0.15) is 0 Å². The normalized spacial score (nSPS) is 17.5. The van der Waals surface area contributed by atoms with Gasteiger partial charge < -0.3 is 12.7 Å².